The molecule has 0 unspecified atom stereocenters. The second-order valence-corrected chi connectivity index (χ2v) is 4.93. The van der Waals surface area contributed by atoms with Crippen molar-refractivity contribution in [2.75, 3.05) is 0 Å². The van der Waals surface area contributed by atoms with Gasteiger partial charge in [0.1, 0.15) is 5.82 Å². The number of pyridine rings is 1. The van der Waals surface area contributed by atoms with Gasteiger partial charge in [-0.3, -0.25) is 9.78 Å². The molecule has 0 spiro atoms. The predicted molar refractivity (Wildman–Crippen MR) is 71.4 cm³/mol. The Morgan fingerprint density at radius 1 is 1.39 bits per heavy atom. The second-order valence-electron chi connectivity index (χ2n) is 3.66. The van der Waals surface area contributed by atoms with E-state index in [1.165, 1.54) is 18.3 Å². The largest absolute Gasteiger partial charge is 0.294 e. The molecule has 2 nitrogen and oxygen atoms in total. The van der Waals surface area contributed by atoms with Crippen molar-refractivity contribution in [2.45, 2.75) is 6.42 Å². The van der Waals surface area contributed by atoms with E-state index in [0.717, 1.165) is 0 Å². The summed E-state index contributed by atoms with van der Waals surface area (Å²) in [5, 5.41) is 0.401. The van der Waals surface area contributed by atoms with Gasteiger partial charge in [-0.1, -0.05) is 17.7 Å². The Kier molecular flexibility index (Phi) is 4.09. The summed E-state index contributed by atoms with van der Waals surface area (Å²) in [6.07, 6.45) is 3.05. The molecule has 0 aliphatic heterocycles. The van der Waals surface area contributed by atoms with E-state index in [9.17, 15) is 9.18 Å². The van der Waals surface area contributed by atoms with Crippen molar-refractivity contribution in [2.24, 2.45) is 0 Å². The molecule has 0 amide bonds. The maximum Gasteiger partial charge on any atom is 0.171 e. The summed E-state index contributed by atoms with van der Waals surface area (Å²) >= 11 is 9.09. The summed E-state index contributed by atoms with van der Waals surface area (Å²) in [6.45, 7) is 0. The van der Waals surface area contributed by atoms with Gasteiger partial charge in [0, 0.05) is 23.3 Å². The third-order valence-corrected chi connectivity index (χ3v) is 3.45. The van der Waals surface area contributed by atoms with Gasteiger partial charge in [-0.05, 0) is 39.7 Å². The van der Waals surface area contributed by atoms with Crippen LogP contribution in [-0.2, 0) is 6.42 Å². The Bertz CT molecular complexity index is 583. The van der Waals surface area contributed by atoms with Crippen LogP contribution in [0.25, 0.3) is 0 Å². The first kappa shape index (κ1) is 13.2. The maximum absolute atomic E-state index is 13.6. The first-order valence-electron chi connectivity index (χ1n) is 5.15. The van der Waals surface area contributed by atoms with Crippen LogP contribution in [0.4, 0.5) is 4.39 Å². The molecule has 0 aliphatic rings. The summed E-state index contributed by atoms with van der Waals surface area (Å²) in [6, 6.07) is 6.07. The molecule has 1 aromatic heterocycles. The number of Topliss-reactive ketones (excluding diaryl/α,β-unsaturated/α-hetero) is 1. The van der Waals surface area contributed by atoms with Crippen LogP contribution in [0.5, 0.6) is 0 Å². The lowest BCUT2D eigenvalue weighted by molar-refractivity contribution is 0.0988. The molecule has 0 N–H and O–H groups in total. The minimum absolute atomic E-state index is 0.0425. The highest BCUT2D eigenvalue weighted by atomic mass is 79.9. The number of carbonyl (C=O) groups excluding carboxylic acids is 1. The topological polar surface area (TPSA) is 30.0 Å². The minimum atomic E-state index is -0.542. The van der Waals surface area contributed by atoms with Crippen molar-refractivity contribution < 1.29 is 9.18 Å². The average molecular weight is 329 g/mol. The molecule has 0 atom stereocenters. The number of nitrogens with zero attached hydrogens (tertiary/aromatic N) is 1. The van der Waals surface area contributed by atoms with Crippen LogP contribution in [0.1, 0.15) is 15.9 Å². The number of carbonyl (C=O) groups is 1. The van der Waals surface area contributed by atoms with Crippen LogP contribution in [-0.4, -0.2) is 10.8 Å². The highest BCUT2D eigenvalue weighted by Gasteiger charge is 2.16. The van der Waals surface area contributed by atoms with Crippen LogP contribution in [0, 0.1) is 5.82 Å². The number of halogens is 3. The zero-order chi connectivity index (χ0) is 13.1. The Morgan fingerprint density at radius 2 is 2.17 bits per heavy atom. The molecule has 92 valence electrons. The number of ketones is 1. The smallest absolute Gasteiger partial charge is 0.171 e. The molecule has 0 aliphatic carbocycles. The van der Waals surface area contributed by atoms with Crippen molar-refractivity contribution in [1.29, 1.82) is 0 Å². The Balaban J connectivity index is 2.31. The standard InChI is InChI=1S/C13H8BrClFNO/c14-9-2-1-3-11(16)13(9)12(18)6-8-4-5-17-7-10(8)15/h1-5,7H,6H2. The first-order valence-corrected chi connectivity index (χ1v) is 6.32. The summed E-state index contributed by atoms with van der Waals surface area (Å²) in [4.78, 5) is 15.9. The zero-order valence-corrected chi connectivity index (χ0v) is 11.5. The number of hydrogen-bond donors (Lipinski definition) is 0. The maximum atomic E-state index is 13.6. The lowest BCUT2D eigenvalue weighted by Crippen LogP contribution is -2.07. The quantitative estimate of drug-likeness (QED) is 0.795. The third kappa shape index (κ3) is 2.76. The van der Waals surface area contributed by atoms with Gasteiger partial charge in [0.05, 0.1) is 10.6 Å². The molecule has 0 radical (unpaired) electrons. The molecule has 0 fully saturated rings. The van der Waals surface area contributed by atoms with Crippen LogP contribution >= 0.6 is 27.5 Å². The molecule has 1 heterocycles. The fourth-order valence-corrected chi connectivity index (χ4v) is 2.32. The molecule has 2 aromatic rings. The fraction of sp³-hybridized carbons (Fsp3) is 0.0769. The number of benzene rings is 1. The van der Waals surface area contributed by atoms with Crippen molar-refractivity contribution in [3.8, 4) is 0 Å². The van der Waals surface area contributed by atoms with Crippen LogP contribution < -0.4 is 0 Å². The molecule has 0 saturated carbocycles. The monoisotopic (exact) mass is 327 g/mol. The van der Waals surface area contributed by atoms with Crippen molar-refractivity contribution >= 4 is 33.3 Å². The normalized spacial score (nSPS) is 10.4. The van der Waals surface area contributed by atoms with Gasteiger partial charge in [0.25, 0.3) is 0 Å². The van der Waals surface area contributed by atoms with Gasteiger partial charge < -0.3 is 0 Å². The lowest BCUT2D eigenvalue weighted by Gasteiger charge is -2.06. The Hall–Kier alpha value is -1.26. The first-order chi connectivity index (χ1) is 8.59. The molecular formula is C13H8BrClFNO. The zero-order valence-electron chi connectivity index (χ0n) is 9.16. The summed E-state index contributed by atoms with van der Waals surface area (Å²) in [7, 11) is 0. The van der Waals surface area contributed by atoms with E-state index in [2.05, 4.69) is 20.9 Å². The summed E-state index contributed by atoms with van der Waals surface area (Å²) in [5.41, 5.74) is 0.678. The molecule has 0 bridgehead atoms. The Morgan fingerprint density at radius 3 is 2.83 bits per heavy atom. The highest BCUT2D eigenvalue weighted by Crippen LogP contribution is 2.23. The van der Waals surface area contributed by atoms with E-state index in [4.69, 9.17) is 11.6 Å². The van der Waals surface area contributed by atoms with E-state index in [0.29, 0.717) is 15.1 Å². The molecule has 2 rings (SSSR count). The van der Waals surface area contributed by atoms with Gasteiger partial charge in [-0.15, -0.1) is 0 Å². The molecular weight excluding hydrogens is 321 g/mol. The minimum Gasteiger partial charge on any atom is -0.294 e. The Labute approximate surface area is 117 Å². The predicted octanol–water partition coefficient (Wildman–Crippen LogP) is 4.06. The van der Waals surface area contributed by atoms with E-state index in [1.54, 1.807) is 18.3 Å². The van der Waals surface area contributed by atoms with Gasteiger partial charge in [0.15, 0.2) is 5.78 Å². The number of aromatic nitrogens is 1. The van der Waals surface area contributed by atoms with Crippen molar-refractivity contribution in [3.63, 3.8) is 0 Å². The van der Waals surface area contributed by atoms with Crippen LogP contribution in [0.3, 0.4) is 0 Å². The second kappa shape index (κ2) is 5.59. The molecule has 1 aromatic carbocycles. The van der Waals surface area contributed by atoms with E-state index in [-0.39, 0.29) is 17.8 Å². The third-order valence-electron chi connectivity index (χ3n) is 2.45. The highest BCUT2D eigenvalue weighted by molar-refractivity contribution is 9.10. The fourth-order valence-electron chi connectivity index (χ4n) is 1.57. The van der Waals surface area contributed by atoms with Crippen LogP contribution in [0.15, 0.2) is 41.1 Å². The van der Waals surface area contributed by atoms with Gasteiger partial charge in [-0.25, -0.2) is 4.39 Å². The molecule has 18 heavy (non-hydrogen) atoms. The van der Waals surface area contributed by atoms with Gasteiger partial charge >= 0.3 is 0 Å². The molecule has 0 saturated heterocycles. The number of hydrogen-bond acceptors (Lipinski definition) is 2. The van der Waals surface area contributed by atoms with Gasteiger partial charge in [-0.2, -0.15) is 0 Å². The average Bonchev–Trinajstić information content (AvgIpc) is 2.32. The van der Waals surface area contributed by atoms with E-state index >= 15 is 0 Å². The molecule has 5 heteroatoms. The van der Waals surface area contributed by atoms with E-state index in [1.807, 2.05) is 0 Å². The van der Waals surface area contributed by atoms with E-state index < -0.39 is 5.82 Å². The number of rotatable bonds is 3. The summed E-state index contributed by atoms with van der Waals surface area (Å²) < 4.78 is 14.1. The lowest BCUT2D eigenvalue weighted by atomic mass is 10.0. The van der Waals surface area contributed by atoms with Crippen molar-refractivity contribution in [3.05, 3.63) is 63.1 Å². The van der Waals surface area contributed by atoms with Gasteiger partial charge in [0.2, 0.25) is 0 Å². The van der Waals surface area contributed by atoms with Crippen LogP contribution in [0.2, 0.25) is 5.02 Å². The SMILES string of the molecule is O=C(Cc1ccncc1Cl)c1c(F)cccc1Br. The van der Waals surface area contributed by atoms with Crippen molar-refractivity contribution in [1.82, 2.24) is 4.98 Å². The summed E-state index contributed by atoms with van der Waals surface area (Å²) in [5.74, 6) is -0.868.